The Hall–Kier alpha value is -2.74. The van der Waals surface area contributed by atoms with Gasteiger partial charge in [0.25, 0.3) is 0 Å². The highest BCUT2D eigenvalue weighted by Crippen LogP contribution is 2.36. The minimum absolute atomic E-state index is 0.168. The summed E-state index contributed by atoms with van der Waals surface area (Å²) in [7, 11) is 0. The van der Waals surface area contributed by atoms with Crippen LogP contribution < -0.4 is 10.6 Å². The average Bonchev–Trinajstić information content (AvgIpc) is 2.63. The number of hydrogen-bond acceptors (Lipinski definition) is 2. The minimum atomic E-state index is 0.168. The molecule has 0 aliphatic heterocycles. The fourth-order valence-electron chi connectivity index (χ4n) is 3.92. The smallest absolute Gasteiger partial charge is 0.0385 e. The van der Waals surface area contributed by atoms with Crippen molar-refractivity contribution >= 4 is 22.7 Å². The Bertz CT molecular complexity index is 870. The Balaban J connectivity index is 1.64. The molecular formula is C26H32N2. The molecule has 0 unspecified atom stereocenters. The summed E-state index contributed by atoms with van der Waals surface area (Å²) in [5, 5.41) is 6.90. The first kappa shape index (κ1) is 20.0. The van der Waals surface area contributed by atoms with E-state index >= 15 is 0 Å². The van der Waals surface area contributed by atoms with Gasteiger partial charge in [0.15, 0.2) is 0 Å². The van der Waals surface area contributed by atoms with Crippen LogP contribution in [0.4, 0.5) is 22.7 Å². The summed E-state index contributed by atoms with van der Waals surface area (Å²) in [5.41, 5.74) is 6.24. The molecule has 0 heterocycles. The Morgan fingerprint density at radius 2 is 0.929 bits per heavy atom. The summed E-state index contributed by atoms with van der Waals surface area (Å²) >= 11 is 0. The first-order chi connectivity index (χ1) is 13.2. The Labute approximate surface area is 170 Å². The molecular weight excluding hydrogens is 340 g/mol. The summed E-state index contributed by atoms with van der Waals surface area (Å²) in [6.45, 7) is 11.6. The van der Waals surface area contributed by atoms with Crippen LogP contribution >= 0.6 is 0 Å². The van der Waals surface area contributed by atoms with Gasteiger partial charge in [-0.15, -0.1) is 0 Å². The Morgan fingerprint density at radius 3 is 1.36 bits per heavy atom. The SMILES string of the molecule is CC(C)(C)CC(C)(C)c1ccc(Nc2ccc(Nc3ccccc3)cc2)cc1. The monoisotopic (exact) mass is 372 g/mol. The maximum atomic E-state index is 3.49. The molecule has 0 radical (unpaired) electrons. The van der Waals surface area contributed by atoms with E-state index in [1.807, 2.05) is 18.2 Å². The highest BCUT2D eigenvalue weighted by molar-refractivity contribution is 5.66. The summed E-state index contributed by atoms with van der Waals surface area (Å²) in [6.07, 6.45) is 1.16. The number of benzene rings is 3. The van der Waals surface area contributed by atoms with E-state index in [0.717, 1.165) is 29.2 Å². The molecule has 0 aromatic heterocycles. The standard InChI is InChI=1S/C26H32N2/c1-25(2,3)19-26(4,5)20-11-13-22(14-12-20)28-24-17-15-23(16-18-24)27-21-9-7-6-8-10-21/h6-18,27-28H,19H2,1-5H3. The topological polar surface area (TPSA) is 24.1 Å². The predicted molar refractivity (Wildman–Crippen MR) is 123 cm³/mol. The van der Waals surface area contributed by atoms with Crippen LogP contribution in [-0.4, -0.2) is 0 Å². The lowest BCUT2D eigenvalue weighted by molar-refractivity contribution is 0.284. The highest BCUT2D eigenvalue weighted by atomic mass is 14.9. The van der Waals surface area contributed by atoms with Gasteiger partial charge in [-0.1, -0.05) is 65.0 Å². The van der Waals surface area contributed by atoms with E-state index in [0.29, 0.717) is 5.41 Å². The van der Waals surface area contributed by atoms with Crippen molar-refractivity contribution in [3.8, 4) is 0 Å². The second kappa shape index (κ2) is 8.10. The van der Waals surface area contributed by atoms with E-state index in [4.69, 9.17) is 0 Å². The van der Waals surface area contributed by atoms with Crippen LogP contribution in [0.15, 0.2) is 78.9 Å². The highest BCUT2D eigenvalue weighted by Gasteiger charge is 2.27. The summed E-state index contributed by atoms with van der Waals surface area (Å²) in [5.74, 6) is 0. The van der Waals surface area contributed by atoms with Gasteiger partial charge in [-0.25, -0.2) is 0 Å². The zero-order chi connectivity index (χ0) is 20.2. The van der Waals surface area contributed by atoms with Crippen molar-refractivity contribution in [3.05, 3.63) is 84.4 Å². The van der Waals surface area contributed by atoms with Crippen LogP contribution in [0, 0.1) is 5.41 Å². The van der Waals surface area contributed by atoms with E-state index in [2.05, 4.69) is 106 Å². The Kier molecular flexibility index (Phi) is 5.79. The van der Waals surface area contributed by atoms with E-state index in [9.17, 15) is 0 Å². The van der Waals surface area contributed by atoms with Crippen LogP contribution in [0.3, 0.4) is 0 Å². The molecule has 3 aromatic carbocycles. The van der Waals surface area contributed by atoms with Gasteiger partial charge in [0.1, 0.15) is 0 Å². The molecule has 3 rings (SSSR count). The van der Waals surface area contributed by atoms with Crippen LogP contribution in [0.5, 0.6) is 0 Å². The molecule has 0 bridgehead atoms. The van der Waals surface area contributed by atoms with Gasteiger partial charge in [0, 0.05) is 22.7 Å². The van der Waals surface area contributed by atoms with Crippen LogP contribution in [-0.2, 0) is 5.41 Å². The molecule has 0 aliphatic carbocycles. The summed E-state index contributed by atoms with van der Waals surface area (Å²) in [4.78, 5) is 0. The molecule has 2 N–H and O–H groups in total. The molecule has 0 spiro atoms. The third-order valence-corrected chi connectivity index (χ3v) is 4.87. The maximum absolute atomic E-state index is 3.49. The maximum Gasteiger partial charge on any atom is 0.0385 e. The zero-order valence-corrected chi connectivity index (χ0v) is 17.7. The van der Waals surface area contributed by atoms with Crippen molar-refractivity contribution in [1.29, 1.82) is 0 Å². The van der Waals surface area contributed by atoms with Gasteiger partial charge in [-0.2, -0.15) is 0 Å². The lowest BCUT2D eigenvalue weighted by Gasteiger charge is -2.33. The quantitative estimate of drug-likeness (QED) is 0.459. The number of para-hydroxylation sites is 1. The van der Waals surface area contributed by atoms with E-state index in [-0.39, 0.29) is 5.41 Å². The van der Waals surface area contributed by atoms with Crippen molar-refractivity contribution in [2.24, 2.45) is 5.41 Å². The van der Waals surface area contributed by atoms with Crippen LogP contribution in [0.2, 0.25) is 0 Å². The molecule has 0 saturated carbocycles. The summed E-state index contributed by atoms with van der Waals surface area (Å²) in [6, 6.07) is 27.5. The molecule has 0 fully saturated rings. The van der Waals surface area contributed by atoms with Gasteiger partial charge in [-0.3, -0.25) is 0 Å². The normalized spacial score (nSPS) is 11.9. The van der Waals surface area contributed by atoms with Gasteiger partial charge in [-0.05, 0) is 71.3 Å². The largest absolute Gasteiger partial charge is 0.356 e. The third-order valence-electron chi connectivity index (χ3n) is 4.87. The molecule has 2 heteroatoms. The van der Waals surface area contributed by atoms with Crippen molar-refractivity contribution in [3.63, 3.8) is 0 Å². The molecule has 146 valence electrons. The van der Waals surface area contributed by atoms with Gasteiger partial charge in [0.05, 0.1) is 0 Å². The first-order valence-electron chi connectivity index (χ1n) is 10.0. The van der Waals surface area contributed by atoms with E-state index in [1.54, 1.807) is 0 Å². The fraction of sp³-hybridized carbons (Fsp3) is 0.308. The number of anilines is 4. The van der Waals surface area contributed by atoms with Crippen LogP contribution in [0.25, 0.3) is 0 Å². The van der Waals surface area contributed by atoms with Gasteiger partial charge < -0.3 is 10.6 Å². The van der Waals surface area contributed by atoms with Crippen molar-refractivity contribution in [1.82, 2.24) is 0 Å². The van der Waals surface area contributed by atoms with Crippen molar-refractivity contribution in [2.75, 3.05) is 10.6 Å². The molecule has 3 aromatic rings. The zero-order valence-electron chi connectivity index (χ0n) is 17.7. The minimum Gasteiger partial charge on any atom is -0.356 e. The second-order valence-electron chi connectivity index (χ2n) is 9.39. The molecule has 0 amide bonds. The molecule has 0 aliphatic rings. The third kappa shape index (κ3) is 5.63. The number of rotatable bonds is 6. The number of nitrogens with one attached hydrogen (secondary N) is 2. The van der Waals surface area contributed by atoms with Crippen molar-refractivity contribution in [2.45, 2.75) is 46.5 Å². The molecule has 0 atom stereocenters. The van der Waals surface area contributed by atoms with E-state index in [1.165, 1.54) is 5.56 Å². The first-order valence-corrected chi connectivity index (χ1v) is 10.0. The van der Waals surface area contributed by atoms with Crippen LogP contribution in [0.1, 0.15) is 46.6 Å². The fourth-order valence-corrected chi connectivity index (χ4v) is 3.92. The lowest BCUT2D eigenvalue weighted by Crippen LogP contribution is -2.24. The van der Waals surface area contributed by atoms with Crippen molar-refractivity contribution < 1.29 is 0 Å². The summed E-state index contributed by atoms with van der Waals surface area (Å²) < 4.78 is 0. The predicted octanol–water partition coefficient (Wildman–Crippen LogP) is 7.89. The average molecular weight is 373 g/mol. The second-order valence-corrected chi connectivity index (χ2v) is 9.39. The lowest BCUT2D eigenvalue weighted by atomic mass is 9.72. The van der Waals surface area contributed by atoms with Gasteiger partial charge in [0.2, 0.25) is 0 Å². The molecule has 0 saturated heterocycles. The number of hydrogen-bond donors (Lipinski definition) is 2. The Morgan fingerprint density at radius 1 is 0.536 bits per heavy atom. The molecule has 28 heavy (non-hydrogen) atoms. The van der Waals surface area contributed by atoms with Gasteiger partial charge >= 0.3 is 0 Å². The van der Waals surface area contributed by atoms with E-state index < -0.39 is 0 Å². The molecule has 2 nitrogen and oxygen atoms in total.